The van der Waals surface area contributed by atoms with E-state index < -0.39 is 0 Å². The number of hydrogen-bond donors (Lipinski definition) is 1. The third kappa shape index (κ3) is 3.20. The molecule has 0 atom stereocenters. The van der Waals surface area contributed by atoms with Crippen molar-refractivity contribution in [2.45, 2.75) is 20.0 Å². The van der Waals surface area contributed by atoms with E-state index in [0.29, 0.717) is 44.2 Å². The number of rotatable bonds is 3. The Morgan fingerprint density at radius 2 is 2.20 bits per heavy atom. The molecule has 10 heteroatoms. The van der Waals surface area contributed by atoms with Gasteiger partial charge in [-0.15, -0.1) is 22.7 Å². The molecule has 0 radical (unpaired) electrons. The van der Waals surface area contributed by atoms with Crippen LogP contribution in [-0.4, -0.2) is 22.7 Å². The number of nitrogens with zero attached hydrogens (tertiary/aromatic N) is 2. The fraction of sp³-hybridized carbons (Fsp3) is 0.267. The van der Waals surface area contributed by atoms with Crippen LogP contribution in [0, 0.1) is 6.92 Å². The Balaban J connectivity index is 1.75. The van der Waals surface area contributed by atoms with E-state index in [4.69, 9.17) is 32.5 Å². The third-order valence-corrected chi connectivity index (χ3v) is 6.30. The molecule has 1 N–H and O–H groups in total. The standard InChI is InChI=1S/C15H11Cl2N3O3S2/c1-6-18-14(23-20-6)11-7-2-3-22-5-9(7)24-15(11)19-13(21)8-4-10(16)25-12(8)17/h4H,2-3,5H2,1H3,(H,19,21). The van der Waals surface area contributed by atoms with Gasteiger partial charge in [-0.1, -0.05) is 28.4 Å². The van der Waals surface area contributed by atoms with Gasteiger partial charge in [-0.3, -0.25) is 4.79 Å². The van der Waals surface area contributed by atoms with E-state index >= 15 is 0 Å². The van der Waals surface area contributed by atoms with Crippen LogP contribution in [0.3, 0.4) is 0 Å². The summed E-state index contributed by atoms with van der Waals surface area (Å²) in [6.07, 6.45) is 0.726. The SMILES string of the molecule is Cc1noc(-c2c(NC(=O)c3cc(Cl)sc3Cl)sc3c2CCOC3)n1. The smallest absolute Gasteiger partial charge is 0.261 e. The van der Waals surface area contributed by atoms with E-state index in [2.05, 4.69) is 15.5 Å². The number of carbonyl (C=O) groups excluding carboxylic acids is 1. The largest absolute Gasteiger partial charge is 0.376 e. The minimum Gasteiger partial charge on any atom is -0.376 e. The minimum atomic E-state index is -0.329. The highest BCUT2D eigenvalue weighted by Gasteiger charge is 2.27. The van der Waals surface area contributed by atoms with Gasteiger partial charge in [-0.05, 0) is 25.0 Å². The van der Waals surface area contributed by atoms with Crippen molar-refractivity contribution < 1.29 is 14.1 Å². The lowest BCUT2D eigenvalue weighted by molar-refractivity contribution is 0.102. The number of aromatic nitrogens is 2. The zero-order chi connectivity index (χ0) is 17.6. The van der Waals surface area contributed by atoms with Gasteiger partial charge < -0.3 is 14.6 Å². The van der Waals surface area contributed by atoms with Gasteiger partial charge in [-0.2, -0.15) is 4.98 Å². The number of hydrogen-bond acceptors (Lipinski definition) is 7. The van der Waals surface area contributed by atoms with E-state index in [0.717, 1.165) is 33.8 Å². The first-order chi connectivity index (χ1) is 12.0. The minimum absolute atomic E-state index is 0.329. The molecule has 0 saturated heterocycles. The Morgan fingerprint density at radius 3 is 2.88 bits per heavy atom. The Kier molecular flexibility index (Phi) is 4.55. The molecule has 4 heterocycles. The molecule has 0 aromatic carbocycles. The Morgan fingerprint density at radius 1 is 1.36 bits per heavy atom. The Labute approximate surface area is 160 Å². The second-order valence-corrected chi connectivity index (χ2v) is 8.74. The molecular weight excluding hydrogens is 405 g/mol. The van der Waals surface area contributed by atoms with Gasteiger partial charge in [0.25, 0.3) is 11.8 Å². The maximum Gasteiger partial charge on any atom is 0.261 e. The molecule has 3 aromatic heterocycles. The van der Waals surface area contributed by atoms with Gasteiger partial charge in [0.15, 0.2) is 5.82 Å². The maximum absolute atomic E-state index is 12.6. The van der Waals surface area contributed by atoms with E-state index in [9.17, 15) is 4.79 Å². The first kappa shape index (κ1) is 17.0. The number of carbonyl (C=O) groups is 1. The third-order valence-electron chi connectivity index (χ3n) is 3.69. The molecule has 1 aliphatic rings. The zero-order valence-corrected chi connectivity index (χ0v) is 16.0. The molecule has 1 amide bonds. The average molecular weight is 416 g/mol. The van der Waals surface area contributed by atoms with E-state index in [1.54, 1.807) is 13.0 Å². The molecule has 0 saturated carbocycles. The predicted octanol–water partition coefficient (Wildman–Crippen LogP) is 4.80. The van der Waals surface area contributed by atoms with E-state index in [1.165, 1.54) is 11.3 Å². The first-order valence-electron chi connectivity index (χ1n) is 7.32. The molecule has 0 fully saturated rings. The molecule has 3 aromatic rings. The van der Waals surface area contributed by atoms with Gasteiger partial charge >= 0.3 is 0 Å². The van der Waals surface area contributed by atoms with Crippen LogP contribution >= 0.6 is 45.9 Å². The number of amides is 1. The highest BCUT2D eigenvalue weighted by atomic mass is 35.5. The normalized spacial score (nSPS) is 13.7. The summed E-state index contributed by atoms with van der Waals surface area (Å²) in [5.74, 6) is 0.596. The number of thiophene rings is 2. The molecule has 1 aliphatic heterocycles. The lowest BCUT2D eigenvalue weighted by Gasteiger charge is -2.12. The lowest BCUT2D eigenvalue weighted by Crippen LogP contribution is -2.11. The average Bonchev–Trinajstić information content (AvgIpc) is 3.23. The molecule has 6 nitrogen and oxygen atoms in total. The van der Waals surface area contributed by atoms with Crippen LogP contribution in [0.5, 0.6) is 0 Å². The highest BCUT2D eigenvalue weighted by Crippen LogP contribution is 2.43. The number of halogens is 2. The van der Waals surface area contributed by atoms with Crippen molar-refractivity contribution in [1.29, 1.82) is 0 Å². The summed E-state index contributed by atoms with van der Waals surface area (Å²) in [6.45, 7) is 2.87. The van der Waals surface area contributed by atoms with Crippen LogP contribution in [0.2, 0.25) is 8.67 Å². The van der Waals surface area contributed by atoms with Crippen molar-refractivity contribution in [2.75, 3.05) is 11.9 Å². The molecule has 0 bridgehead atoms. The van der Waals surface area contributed by atoms with Crippen LogP contribution in [0.25, 0.3) is 11.5 Å². The van der Waals surface area contributed by atoms with Crippen LogP contribution in [0.15, 0.2) is 10.6 Å². The fourth-order valence-electron chi connectivity index (χ4n) is 2.61. The van der Waals surface area contributed by atoms with Crippen molar-refractivity contribution in [1.82, 2.24) is 10.1 Å². The van der Waals surface area contributed by atoms with Gasteiger partial charge in [-0.25, -0.2) is 0 Å². The fourth-order valence-corrected chi connectivity index (χ4v) is 5.24. The Hall–Kier alpha value is -1.45. The summed E-state index contributed by atoms with van der Waals surface area (Å²) in [5, 5.41) is 7.40. The summed E-state index contributed by atoms with van der Waals surface area (Å²) >= 11 is 14.6. The molecule has 0 aliphatic carbocycles. The number of aryl methyl sites for hydroxylation is 1. The second-order valence-electron chi connectivity index (χ2n) is 5.35. The molecule has 130 valence electrons. The summed E-state index contributed by atoms with van der Waals surface area (Å²) in [4.78, 5) is 18.0. The number of fused-ring (bicyclic) bond motifs is 1. The van der Waals surface area contributed by atoms with Crippen LogP contribution < -0.4 is 5.32 Å². The van der Waals surface area contributed by atoms with Crippen molar-refractivity contribution in [3.8, 4) is 11.5 Å². The summed E-state index contributed by atoms with van der Waals surface area (Å²) in [6, 6.07) is 1.55. The molecule has 25 heavy (non-hydrogen) atoms. The van der Waals surface area contributed by atoms with Crippen LogP contribution in [0.4, 0.5) is 5.00 Å². The summed E-state index contributed by atoms with van der Waals surface area (Å²) < 4.78 is 11.7. The van der Waals surface area contributed by atoms with Gasteiger partial charge in [0.05, 0.1) is 28.7 Å². The van der Waals surface area contributed by atoms with Gasteiger partial charge in [0, 0.05) is 4.88 Å². The number of anilines is 1. The lowest BCUT2D eigenvalue weighted by atomic mass is 10.1. The molecule has 4 rings (SSSR count). The summed E-state index contributed by atoms with van der Waals surface area (Å²) in [5.41, 5.74) is 2.17. The predicted molar refractivity (Wildman–Crippen MR) is 98.0 cm³/mol. The van der Waals surface area contributed by atoms with Crippen LogP contribution in [0.1, 0.15) is 26.6 Å². The van der Waals surface area contributed by atoms with Crippen molar-refractivity contribution in [3.63, 3.8) is 0 Å². The van der Waals surface area contributed by atoms with Gasteiger partial charge in [0.1, 0.15) is 9.34 Å². The van der Waals surface area contributed by atoms with Crippen molar-refractivity contribution >= 4 is 56.8 Å². The van der Waals surface area contributed by atoms with Crippen molar-refractivity contribution in [2.24, 2.45) is 0 Å². The summed E-state index contributed by atoms with van der Waals surface area (Å²) in [7, 11) is 0. The maximum atomic E-state index is 12.6. The first-order valence-corrected chi connectivity index (χ1v) is 9.71. The van der Waals surface area contributed by atoms with E-state index in [-0.39, 0.29) is 5.91 Å². The molecular formula is C15H11Cl2N3O3S2. The quantitative estimate of drug-likeness (QED) is 0.664. The van der Waals surface area contributed by atoms with E-state index in [1.807, 2.05) is 0 Å². The monoisotopic (exact) mass is 415 g/mol. The number of nitrogens with one attached hydrogen (secondary N) is 1. The second kappa shape index (κ2) is 6.69. The van der Waals surface area contributed by atoms with Crippen molar-refractivity contribution in [3.05, 3.63) is 36.6 Å². The highest BCUT2D eigenvalue weighted by molar-refractivity contribution is 7.20. The zero-order valence-electron chi connectivity index (χ0n) is 12.9. The molecule has 0 unspecified atom stereocenters. The topological polar surface area (TPSA) is 77.2 Å². The van der Waals surface area contributed by atoms with Crippen LogP contribution in [-0.2, 0) is 17.8 Å². The van der Waals surface area contributed by atoms with Gasteiger partial charge in [0.2, 0.25) is 0 Å². The number of ether oxygens (including phenoxy) is 1. The molecule has 0 spiro atoms. The Bertz CT molecular complexity index is 964.